The Kier molecular flexibility index (Phi) is 4.81. The third-order valence-electron chi connectivity index (χ3n) is 3.87. The highest BCUT2D eigenvalue weighted by Gasteiger charge is 2.15. The summed E-state index contributed by atoms with van der Waals surface area (Å²) in [5.41, 5.74) is 2.42. The highest BCUT2D eigenvalue weighted by atomic mass is 32.2. The highest BCUT2D eigenvalue weighted by Crippen LogP contribution is 2.36. The average Bonchev–Trinajstić information content (AvgIpc) is 3.14. The van der Waals surface area contributed by atoms with Crippen LogP contribution in [0.1, 0.15) is 16.8 Å². The first kappa shape index (κ1) is 17.2. The summed E-state index contributed by atoms with van der Waals surface area (Å²) >= 11 is 1.46. The van der Waals surface area contributed by atoms with Gasteiger partial charge < -0.3 is 14.2 Å². The molecule has 134 valence electrons. The maximum absolute atomic E-state index is 9.21. The van der Waals surface area contributed by atoms with Gasteiger partial charge in [-0.3, -0.25) is 0 Å². The second-order valence-corrected chi connectivity index (χ2v) is 6.75. The molecule has 2 heterocycles. The van der Waals surface area contributed by atoms with Crippen molar-refractivity contribution in [1.29, 1.82) is 5.26 Å². The van der Waals surface area contributed by atoms with Crippen LogP contribution in [0.5, 0.6) is 23.1 Å². The summed E-state index contributed by atoms with van der Waals surface area (Å²) in [6, 6.07) is 16.9. The molecule has 0 saturated heterocycles. The smallest absolute Gasteiger partial charge is 0.231 e. The molecule has 7 heteroatoms. The van der Waals surface area contributed by atoms with E-state index in [4.69, 9.17) is 14.2 Å². The number of ether oxygens (including phenoxy) is 3. The predicted molar refractivity (Wildman–Crippen MR) is 100 cm³/mol. The van der Waals surface area contributed by atoms with Crippen molar-refractivity contribution in [2.24, 2.45) is 0 Å². The van der Waals surface area contributed by atoms with Gasteiger partial charge in [0.15, 0.2) is 16.7 Å². The maximum Gasteiger partial charge on any atom is 0.231 e. The molecule has 2 aromatic carbocycles. The van der Waals surface area contributed by atoms with Gasteiger partial charge in [0.1, 0.15) is 5.75 Å². The second-order valence-electron chi connectivity index (χ2n) is 5.80. The first-order valence-corrected chi connectivity index (χ1v) is 9.24. The molecule has 0 fully saturated rings. The van der Waals surface area contributed by atoms with Crippen LogP contribution < -0.4 is 14.2 Å². The zero-order valence-electron chi connectivity index (χ0n) is 14.5. The van der Waals surface area contributed by atoms with Crippen LogP contribution in [0, 0.1) is 18.3 Å². The van der Waals surface area contributed by atoms with Gasteiger partial charge in [-0.1, -0.05) is 30.0 Å². The van der Waals surface area contributed by atoms with Crippen LogP contribution in [0.2, 0.25) is 0 Å². The van der Waals surface area contributed by atoms with Gasteiger partial charge in [-0.25, -0.2) is 4.98 Å². The van der Waals surface area contributed by atoms with Gasteiger partial charge in [0.05, 0.1) is 11.6 Å². The van der Waals surface area contributed by atoms with Crippen LogP contribution in [-0.2, 0) is 5.75 Å². The lowest BCUT2D eigenvalue weighted by Crippen LogP contribution is -1.96. The van der Waals surface area contributed by atoms with E-state index in [2.05, 4.69) is 16.0 Å². The molecule has 0 radical (unpaired) electrons. The molecule has 6 nitrogen and oxygen atoms in total. The quantitative estimate of drug-likeness (QED) is 0.479. The summed E-state index contributed by atoms with van der Waals surface area (Å²) in [5.74, 6) is 3.03. The number of hydrogen-bond donors (Lipinski definition) is 0. The average molecular weight is 377 g/mol. The Labute approximate surface area is 160 Å². The van der Waals surface area contributed by atoms with Crippen LogP contribution in [0.3, 0.4) is 0 Å². The number of benzene rings is 2. The van der Waals surface area contributed by atoms with Crippen molar-refractivity contribution in [3.8, 4) is 29.2 Å². The van der Waals surface area contributed by atoms with E-state index in [9.17, 15) is 5.26 Å². The maximum atomic E-state index is 9.21. The summed E-state index contributed by atoms with van der Waals surface area (Å²) in [7, 11) is 0. The summed E-state index contributed by atoms with van der Waals surface area (Å²) < 4.78 is 16.5. The van der Waals surface area contributed by atoms with E-state index in [0.717, 1.165) is 11.3 Å². The van der Waals surface area contributed by atoms with Crippen LogP contribution in [0.15, 0.2) is 53.7 Å². The van der Waals surface area contributed by atoms with Crippen LogP contribution >= 0.6 is 11.8 Å². The first-order valence-electron chi connectivity index (χ1n) is 8.25. The van der Waals surface area contributed by atoms with Crippen molar-refractivity contribution in [1.82, 2.24) is 9.97 Å². The highest BCUT2D eigenvalue weighted by molar-refractivity contribution is 7.98. The Morgan fingerprint density at radius 3 is 2.85 bits per heavy atom. The van der Waals surface area contributed by atoms with Gasteiger partial charge in [-0.2, -0.15) is 10.2 Å². The Hall–Kier alpha value is -3.24. The van der Waals surface area contributed by atoms with E-state index in [1.165, 1.54) is 11.8 Å². The van der Waals surface area contributed by atoms with Crippen LogP contribution in [-0.4, -0.2) is 16.8 Å². The Bertz CT molecular complexity index is 1030. The molecule has 1 aliphatic heterocycles. The zero-order valence-corrected chi connectivity index (χ0v) is 15.3. The fraction of sp³-hybridized carbons (Fsp3) is 0.150. The number of thioether (sulfide) groups is 1. The minimum Gasteiger partial charge on any atom is -0.454 e. The number of hydrogen-bond acceptors (Lipinski definition) is 7. The van der Waals surface area contributed by atoms with Crippen molar-refractivity contribution in [3.05, 3.63) is 65.4 Å². The molecule has 1 aromatic heterocycles. The molecule has 4 rings (SSSR count). The van der Waals surface area contributed by atoms with Crippen LogP contribution in [0.4, 0.5) is 0 Å². The molecule has 0 spiro atoms. The number of fused-ring (bicyclic) bond motifs is 1. The lowest BCUT2D eigenvalue weighted by Gasteiger charge is -2.08. The fourth-order valence-electron chi connectivity index (χ4n) is 2.59. The van der Waals surface area contributed by atoms with Gasteiger partial charge >= 0.3 is 0 Å². The van der Waals surface area contributed by atoms with E-state index in [0.29, 0.717) is 39.6 Å². The molecule has 0 saturated carbocycles. The molecule has 0 amide bonds. The lowest BCUT2D eigenvalue weighted by molar-refractivity contribution is 0.174. The normalized spacial score (nSPS) is 11.9. The predicted octanol–water partition coefficient (Wildman–Crippen LogP) is 4.47. The minimum atomic E-state index is 0.219. The lowest BCUT2D eigenvalue weighted by atomic mass is 10.1. The minimum absolute atomic E-state index is 0.219. The molecular formula is C20H15N3O3S. The van der Waals surface area contributed by atoms with Crippen molar-refractivity contribution in [2.75, 3.05) is 6.79 Å². The summed E-state index contributed by atoms with van der Waals surface area (Å²) in [6.45, 7) is 2.11. The van der Waals surface area contributed by atoms with E-state index < -0.39 is 0 Å². The van der Waals surface area contributed by atoms with Crippen molar-refractivity contribution >= 4 is 11.8 Å². The summed E-state index contributed by atoms with van der Waals surface area (Å²) in [6.07, 6.45) is 0. The van der Waals surface area contributed by atoms with E-state index in [1.807, 2.05) is 25.1 Å². The molecule has 0 atom stereocenters. The van der Waals surface area contributed by atoms with Gasteiger partial charge in [-0.15, -0.1) is 0 Å². The molecule has 0 bridgehead atoms. The molecule has 27 heavy (non-hydrogen) atoms. The number of nitrogens with zero attached hydrogens (tertiary/aromatic N) is 3. The topological polar surface area (TPSA) is 77.3 Å². The molecule has 1 aliphatic rings. The SMILES string of the molecule is Cc1cc(Oc2ccc3c(c2)OCO3)nc(SCc2ccccc2C#N)n1. The van der Waals surface area contributed by atoms with Gasteiger partial charge in [0, 0.05) is 23.6 Å². The fourth-order valence-corrected chi connectivity index (χ4v) is 3.49. The van der Waals surface area contributed by atoms with Gasteiger partial charge in [0.2, 0.25) is 12.7 Å². The monoisotopic (exact) mass is 377 g/mol. The molecule has 3 aromatic rings. The van der Waals surface area contributed by atoms with Gasteiger partial charge in [-0.05, 0) is 30.7 Å². The Morgan fingerprint density at radius 2 is 1.96 bits per heavy atom. The number of nitriles is 1. The standard InChI is InChI=1S/C20H15N3O3S/c1-13-8-19(26-16-6-7-17-18(9-16)25-12-24-17)23-20(22-13)27-11-15-5-3-2-4-14(15)10-21/h2-9H,11-12H2,1H3. The first-order chi connectivity index (χ1) is 13.2. The van der Waals surface area contributed by atoms with Crippen molar-refractivity contribution in [2.45, 2.75) is 17.8 Å². The third kappa shape index (κ3) is 3.96. The Morgan fingerprint density at radius 1 is 1.11 bits per heavy atom. The van der Waals surface area contributed by atoms with Crippen LogP contribution in [0.25, 0.3) is 0 Å². The van der Waals surface area contributed by atoms with E-state index >= 15 is 0 Å². The molecular weight excluding hydrogens is 362 g/mol. The van der Waals surface area contributed by atoms with E-state index in [1.54, 1.807) is 30.3 Å². The number of aryl methyl sites for hydroxylation is 1. The second kappa shape index (κ2) is 7.56. The largest absolute Gasteiger partial charge is 0.454 e. The molecule has 0 aliphatic carbocycles. The third-order valence-corrected chi connectivity index (χ3v) is 4.77. The molecule has 0 unspecified atom stereocenters. The van der Waals surface area contributed by atoms with Crippen molar-refractivity contribution < 1.29 is 14.2 Å². The molecule has 0 N–H and O–H groups in total. The number of aromatic nitrogens is 2. The number of rotatable bonds is 5. The zero-order chi connectivity index (χ0) is 18.6. The van der Waals surface area contributed by atoms with Gasteiger partial charge in [0.25, 0.3) is 0 Å². The summed E-state index contributed by atoms with van der Waals surface area (Å²) in [4.78, 5) is 8.92. The Balaban J connectivity index is 1.50. The van der Waals surface area contributed by atoms with E-state index in [-0.39, 0.29) is 6.79 Å². The van der Waals surface area contributed by atoms with Crippen molar-refractivity contribution in [3.63, 3.8) is 0 Å². The summed E-state index contributed by atoms with van der Waals surface area (Å²) in [5, 5.41) is 9.80.